The van der Waals surface area contributed by atoms with Crippen molar-refractivity contribution in [2.45, 2.75) is 0 Å². The first-order chi connectivity index (χ1) is 56.8. The van der Waals surface area contributed by atoms with Crippen molar-refractivity contribution in [1.29, 1.82) is 0 Å². The molecule has 0 saturated carbocycles. The van der Waals surface area contributed by atoms with Gasteiger partial charge in [0.1, 0.15) is 0 Å². The van der Waals surface area contributed by atoms with Crippen molar-refractivity contribution in [3.8, 4) is 55.9 Å². The molecule has 0 unspecified atom stereocenters. The largest absolute Gasteiger partial charge is 0.309 e. The van der Waals surface area contributed by atoms with Crippen LogP contribution in [0.5, 0.6) is 0 Å². The Balaban J connectivity index is 1.15. The zero-order chi connectivity index (χ0) is 90.6. The van der Waals surface area contributed by atoms with Crippen LogP contribution in [0, 0.1) is 0 Å². The van der Waals surface area contributed by atoms with Gasteiger partial charge in [-0.25, -0.2) is 0 Å². The lowest BCUT2D eigenvalue weighted by Gasteiger charge is -2.34. The molecule has 0 spiro atoms. The fourth-order valence-electron chi connectivity index (χ4n) is 8.97. The molecule has 3 heteroatoms. The molecule has 0 bridgehead atoms. The molecule has 2 nitrogen and oxygen atoms in total. The normalized spacial score (nSPS) is 20.5. The highest BCUT2D eigenvalue weighted by Crippen LogP contribution is 2.43. The molecule has 0 N–H and O–H groups in total. The molecule has 0 fully saturated rings. The van der Waals surface area contributed by atoms with Gasteiger partial charge < -0.3 is 9.13 Å². The van der Waals surface area contributed by atoms with Crippen molar-refractivity contribution in [3.05, 3.63) is 302 Å². The van der Waals surface area contributed by atoms with Crippen molar-refractivity contribution < 1.29 is 64.4 Å². The van der Waals surface area contributed by atoms with E-state index in [2.05, 4.69) is 0 Å². The molecule has 14 aromatic rings. The summed E-state index contributed by atoms with van der Waals surface area (Å²) in [5.41, 5.74) is -12.7. The van der Waals surface area contributed by atoms with E-state index in [-0.39, 0.29) is 0 Å². The lowest BCUT2D eigenvalue weighted by Crippen LogP contribution is -2.74. The van der Waals surface area contributed by atoms with E-state index in [1.54, 1.807) is 0 Å². The Morgan fingerprint density at radius 3 is 1.15 bits per heavy atom. The summed E-state index contributed by atoms with van der Waals surface area (Å²) in [5, 5.41) is -8.84. The second-order valence-electron chi connectivity index (χ2n) is 16.0. The Morgan fingerprint density at radius 2 is 0.640 bits per heavy atom. The highest BCUT2D eigenvalue weighted by molar-refractivity contribution is 7.19. The van der Waals surface area contributed by atoms with Crippen LogP contribution in [0.25, 0.3) is 99.5 Å². The minimum absolute atomic E-state index is 0.406. The number of para-hydroxylation sites is 3. The average Bonchev–Trinajstić information content (AvgIpc) is 0.956. The first-order valence-electron chi connectivity index (χ1n) is 45.6. The lowest BCUT2D eigenvalue weighted by atomic mass is 9.95. The molecule has 2 aromatic heterocycles. The summed E-state index contributed by atoms with van der Waals surface area (Å²) in [5.74, 6) is 0. The van der Waals surface area contributed by atoms with Crippen LogP contribution in [0.3, 0.4) is 0 Å². The van der Waals surface area contributed by atoms with Gasteiger partial charge in [-0.1, -0.05) is 248 Å². The summed E-state index contributed by atoms with van der Waals surface area (Å²) in [4.78, 5) is 0. The number of aromatic nitrogens is 2. The molecule has 0 saturated heterocycles. The summed E-state index contributed by atoms with van der Waals surface area (Å²) in [6.07, 6.45) is 0. The molecule has 0 radical (unpaired) electrons. The van der Waals surface area contributed by atoms with Crippen molar-refractivity contribution in [2.24, 2.45) is 0 Å². The maximum atomic E-state index is 10.6. The third-order valence-electron chi connectivity index (χ3n) is 12.1. The first kappa shape index (κ1) is 17.3. The average molecular weight is 1020 g/mol. The molecule has 0 aliphatic heterocycles. The molecule has 14 rings (SSSR count). The Hall–Kier alpha value is -9.54. The smallest absolute Gasteiger partial charge is 0.179 e. The molecule has 75 heavy (non-hydrogen) atoms. The van der Waals surface area contributed by atoms with Gasteiger partial charge in [-0.05, 0) is 109 Å². The molecule has 2 heterocycles. The highest BCUT2D eigenvalue weighted by Gasteiger charge is 2.41. The summed E-state index contributed by atoms with van der Waals surface area (Å²) in [6, 6.07) is -53.9. The number of nitrogens with zero attached hydrogens (tertiary/aromatic N) is 2. The second kappa shape index (κ2) is 18.5. The third-order valence-corrected chi connectivity index (χ3v) is 16.1. The molecule has 0 aliphatic rings. The monoisotopic (exact) mass is 1020 g/mol. The van der Waals surface area contributed by atoms with Gasteiger partial charge in [0.25, 0.3) is 0 Å². The van der Waals surface area contributed by atoms with Crippen molar-refractivity contribution >= 4 is 72.4 Å². The van der Waals surface area contributed by atoms with Gasteiger partial charge in [0.05, 0.1) is 92.2 Å². The zero-order valence-corrected chi connectivity index (χ0v) is 38.6. The van der Waals surface area contributed by atoms with Crippen LogP contribution >= 0.6 is 0 Å². The minimum Gasteiger partial charge on any atom is -0.309 e. The van der Waals surface area contributed by atoms with Crippen LogP contribution < -0.4 is 20.7 Å². The number of fused-ring (bicyclic) bond motifs is 6. The van der Waals surface area contributed by atoms with Crippen molar-refractivity contribution in [3.63, 3.8) is 0 Å². The summed E-state index contributed by atoms with van der Waals surface area (Å²) >= 11 is 0. The molecule has 352 valence electrons. The van der Waals surface area contributed by atoms with E-state index in [0.717, 1.165) is 16.7 Å². The Labute approximate surface area is 504 Å². The van der Waals surface area contributed by atoms with Crippen LogP contribution in [-0.4, -0.2) is 17.2 Å². The fraction of sp³-hybridized carbons (Fsp3) is 0. The van der Waals surface area contributed by atoms with Crippen LogP contribution in [-0.2, 0) is 0 Å². The predicted molar refractivity (Wildman–Crippen MR) is 320 cm³/mol. The number of hydrogen-bond acceptors (Lipinski definition) is 0. The van der Waals surface area contributed by atoms with E-state index in [1.807, 2.05) is 0 Å². The molecular formula is C72H50N2Si. The predicted octanol–water partition coefficient (Wildman–Crippen LogP) is 15.9. The molecule has 0 atom stereocenters. The van der Waals surface area contributed by atoms with Crippen LogP contribution in [0.15, 0.2) is 302 Å². The minimum atomic E-state index is -6.71. The Bertz CT molecular complexity index is 6890. The number of benzene rings is 12. The standard InChI is InChI=1S/C72H50N2Si/c1-6-23-51(24-7-1)62-39-22-40-63(52-25-8-2-9-26-52)72(62)74-69-42-19-17-38-65(69)67-49-56(44-46-71(67)74)54-28-20-27-53(47-54)55-43-45-70-66(48-55)64-37-16-18-41-68(64)73(70)57-29-21-36-61(50-57)75(58-30-10-3-11-31-58,59-32-12-4-13-33-59)60-34-14-5-15-35-60/h1-50H/i1D,2D,3D,4D,5D,6D,7D,8D,9D,10D,11D,12D,13D,14D,15D,16D,17D,18D,19D,20D,21D,23D,24D,25D,26D,27D,28D,29D,30D,31D,32D,33D,34D,35D,36D,37D,38D,41D,42D,43D,44D,45D,46D,47D,48D,49D,50D. The summed E-state index contributed by atoms with van der Waals surface area (Å²) in [6.45, 7) is 0. The lowest BCUT2D eigenvalue weighted by molar-refractivity contribution is 1.18. The van der Waals surface area contributed by atoms with Gasteiger partial charge in [-0.15, -0.1) is 0 Å². The van der Waals surface area contributed by atoms with E-state index in [1.165, 1.54) is 6.07 Å². The van der Waals surface area contributed by atoms with E-state index >= 15 is 0 Å². The molecule has 0 amide bonds. The van der Waals surface area contributed by atoms with Crippen LogP contribution in [0.2, 0.25) is 0 Å². The summed E-state index contributed by atoms with van der Waals surface area (Å²) in [7, 11) is -6.71. The van der Waals surface area contributed by atoms with Gasteiger partial charge in [-0.3, -0.25) is 0 Å². The van der Waals surface area contributed by atoms with Gasteiger partial charge in [0.15, 0.2) is 8.07 Å². The van der Waals surface area contributed by atoms with Crippen molar-refractivity contribution in [1.82, 2.24) is 9.13 Å². The maximum Gasteiger partial charge on any atom is 0.179 e. The summed E-state index contributed by atoms with van der Waals surface area (Å²) < 4.78 is 443. The van der Waals surface area contributed by atoms with E-state index in [0.29, 0.717) is 4.57 Å². The van der Waals surface area contributed by atoms with Crippen LogP contribution in [0.1, 0.15) is 64.4 Å². The molecule has 0 aliphatic carbocycles. The number of rotatable bonds is 10. The SMILES string of the molecule is [2H]c1c([2H])c([2H])c(-c2cccc(-c3c([2H])c([2H])c([2H])c([2H])c3[2H])c2-n2c3c([2H])c([2H])c([2H])c([2H])c3c3c([2H])c(-c4c([2H])c([2H])c([2H])c(-c5c([2H])c([2H])c6c(c5[2H])c5c([2H])c([2H])c([2H])c([2H])c5n6-c5c([2H])c([2H])c([2H])c([Si](c6c([2H])c([2H])c([2H])c([2H])c6[2H])(c6c([2H])c([2H])c([2H])c([2H])c6[2H])c6c([2H])c([2H])c([2H])c([2H])c6[2H])c5[2H])c4[2H])c([2H])c([2H])c32)c([2H])c1[2H]. The molecule has 12 aromatic carbocycles. The molecular weight excluding hydrogens is 921 g/mol. The fourth-order valence-corrected chi connectivity index (χ4v) is 12.5. The van der Waals surface area contributed by atoms with Crippen LogP contribution in [0.4, 0.5) is 0 Å². The van der Waals surface area contributed by atoms with E-state index in [9.17, 15) is 38.4 Å². The first-order valence-corrected chi connectivity index (χ1v) is 24.1. The third kappa shape index (κ3) is 7.39. The maximum absolute atomic E-state index is 10.6. The van der Waals surface area contributed by atoms with Gasteiger partial charge in [-0.2, -0.15) is 0 Å². The Morgan fingerprint density at radius 1 is 0.267 bits per heavy atom. The topological polar surface area (TPSA) is 9.86 Å². The van der Waals surface area contributed by atoms with Gasteiger partial charge >= 0.3 is 0 Å². The Kier molecular flexibility index (Phi) is 4.26. The number of hydrogen-bond donors (Lipinski definition) is 0. The second-order valence-corrected chi connectivity index (χ2v) is 19.5. The van der Waals surface area contributed by atoms with E-state index < -0.39 is 412 Å². The van der Waals surface area contributed by atoms with Gasteiger partial charge in [0, 0.05) is 38.4 Å². The quantitative estimate of drug-likeness (QED) is 0.0954. The highest BCUT2D eigenvalue weighted by atomic mass is 28.3. The van der Waals surface area contributed by atoms with E-state index in [4.69, 9.17) is 26.0 Å². The van der Waals surface area contributed by atoms with Crippen molar-refractivity contribution in [2.75, 3.05) is 0 Å². The van der Waals surface area contributed by atoms with Gasteiger partial charge in [0.2, 0.25) is 0 Å². The zero-order valence-electron chi connectivity index (χ0n) is 84.6.